The summed E-state index contributed by atoms with van der Waals surface area (Å²) >= 11 is 7.85. The summed E-state index contributed by atoms with van der Waals surface area (Å²) in [5.74, 6) is 0. The van der Waals surface area contributed by atoms with E-state index in [1.807, 2.05) is 22.7 Å². The van der Waals surface area contributed by atoms with Gasteiger partial charge in [-0.3, -0.25) is 0 Å². The summed E-state index contributed by atoms with van der Waals surface area (Å²) in [6.07, 6.45) is 22.1. The molecular formula is C24H39BrS2. The molecule has 0 aliphatic heterocycles. The first kappa shape index (κ1) is 23.4. The number of rotatable bonds is 16. The van der Waals surface area contributed by atoms with Crippen LogP contribution in [0.25, 0.3) is 9.40 Å². The number of halogens is 1. The van der Waals surface area contributed by atoms with Gasteiger partial charge in [0.25, 0.3) is 0 Å². The van der Waals surface area contributed by atoms with E-state index in [9.17, 15) is 0 Å². The summed E-state index contributed by atoms with van der Waals surface area (Å²) in [7, 11) is 0. The lowest BCUT2D eigenvalue weighted by atomic mass is 10.0. The quantitative estimate of drug-likeness (QED) is 0.214. The average molecular weight is 472 g/mol. The maximum Gasteiger partial charge on any atom is 0.0751 e. The Morgan fingerprint density at radius 3 is 1.78 bits per heavy atom. The van der Waals surface area contributed by atoms with Gasteiger partial charge in [0.2, 0.25) is 0 Å². The molecule has 2 aromatic heterocycles. The minimum Gasteiger partial charge on any atom is -0.142 e. The standard InChI is InChI=1S/C24H39BrS2/c1-3-5-7-9-11-13-15-17-20-19-26-23-21(24(25)27-22(20)23)18-16-14-12-10-8-6-4-2/h19H,3-18H2,1-2H3. The van der Waals surface area contributed by atoms with Gasteiger partial charge in [0.15, 0.2) is 0 Å². The largest absolute Gasteiger partial charge is 0.142 e. The fourth-order valence-corrected chi connectivity index (χ4v) is 7.38. The van der Waals surface area contributed by atoms with Crippen molar-refractivity contribution >= 4 is 48.0 Å². The Morgan fingerprint density at radius 2 is 1.19 bits per heavy atom. The summed E-state index contributed by atoms with van der Waals surface area (Å²) in [5.41, 5.74) is 3.21. The second-order valence-corrected chi connectivity index (χ2v) is 11.2. The van der Waals surface area contributed by atoms with E-state index in [1.54, 1.807) is 20.5 Å². The van der Waals surface area contributed by atoms with Crippen LogP contribution in [0.2, 0.25) is 0 Å². The van der Waals surface area contributed by atoms with Crippen molar-refractivity contribution in [3.05, 3.63) is 20.3 Å². The van der Waals surface area contributed by atoms with Crippen LogP contribution < -0.4 is 0 Å². The molecule has 2 heterocycles. The zero-order valence-corrected chi connectivity index (χ0v) is 20.8. The SMILES string of the molecule is CCCCCCCCCc1csc2c(CCCCCCCCC)c(Br)sc12. The van der Waals surface area contributed by atoms with Gasteiger partial charge < -0.3 is 0 Å². The van der Waals surface area contributed by atoms with E-state index < -0.39 is 0 Å². The normalized spacial score (nSPS) is 11.7. The van der Waals surface area contributed by atoms with E-state index in [0.717, 1.165) is 0 Å². The summed E-state index contributed by atoms with van der Waals surface area (Å²) < 4.78 is 4.56. The lowest BCUT2D eigenvalue weighted by Crippen LogP contribution is -1.85. The van der Waals surface area contributed by atoms with Gasteiger partial charge in [0.05, 0.1) is 3.79 Å². The number of fused-ring (bicyclic) bond motifs is 1. The van der Waals surface area contributed by atoms with Crippen molar-refractivity contribution < 1.29 is 0 Å². The molecule has 0 saturated carbocycles. The zero-order valence-electron chi connectivity index (χ0n) is 17.6. The number of unbranched alkanes of at least 4 members (excludes halogenated alkanes) is 12. The molecule has 27 heavy (non-hydrogen) atoms. The van der Waals surface area contributed by atoms with E-state index in [-0.39, 0.29) is 0 Å². The molecule has 0 spiro atoms. The molecule has 0 atom stereocenters. The average Bonchev–Trinajstić information content (AvgIpc) is 3.19. The van der Waals surface area contributed by atoms with Crippen LogP contribution in [0.5, 0.6) is 0 Å². The second kappa shape index (κ2) is 14.2. The maximum absolute atomic E-state index is 3.87. The Bertz CT molecular complexity index is 626. The molecule has 0 aliphatic rings. The summed E-state index contributed by atoms with van der Waals surface area (Å²) in [4.78, 5) is 0. The Hall–Kier alpha value is 0.140. The first-order valence-electron chi connectivity index (χ1n) is 11.4. The van der Waals surface area contributed by atoms with Crippen molar-refractivity contribution in [2.45, 2.75) is 117 Å². The van der Waals surface area contributed by atoms with Gasteiger partial charge in [0, 0.05) is 9.40 Å². The van der Waals surface area contributed by atoms with Crippen molar-refractivity contribution in [1.82, 2.24) is 0 Å². The van der Waals surface area contributed by atoms with Crippen molar-refractivity contribution in [1.29, 1.82) is 0 Å². The molecule has 0 radical (unpaired) electrons. The van der Waals surface area contributed by atoms with E-state index in [4.69, 9.17) is 0 Å². The molecule has 0 nitrogen and oxygen atoms in total. The van der Waals surface area contributed by atoms with Crippen LogP contribution in [-0.4, -0.2) is 0 Å². The lowest BCUT2D eigenvalue weighted by molar-refractivity contribution is 0.590. The van der Waals surface area contributed by atoms with Gasteiger partial charge in [-0.1, -0.05) is 90.9 Å². The molecule has 2 rings (SSSR count). The number of hydrogen-bond acceptors (Lipinski definition) is 2. The van der Waals surface area contributed by atoms with Crippen LogP contribution in [0.4, 0.5) is 0 Å². The highest BCUT2D eigenvalue weighted by Gasteiger charge is 2.15. The Kier molecular flexibility index (Phi) is 12.3. The number of aryl methyl sites for hydroxylation is 2. The van der Waals surface area contributed by atoms with Gasteiger partial charge >= 0.3 is 0 Å². The molecule has 0 saturated heterocycles. The summed E-state index contributed by atoms with van der Waals surface area (Å²) in [6, 6.07) is 0. The smallest absolute Gasteiger partial charge is 0.0751 e. The molecule has 154 valence electrons. The fraction of sp³-hybridized carbons (Fsp3) is 0.750. The Balaban J connectivity index is 1.73. The molecule has 0 N–H and O–H groups in total. The minimum absolute atomic E-state index is 1.26. The van der Waals surface area contributed by atoms with Crippen LogP contribution >= 0.6 is 38.6 Å². The van der Waals surface area contributed by atoms with Crippen LogP contribution in [0, 0.1) is 0 Å². The highest BCUT2D eigenvalue weighted by atomic mass is 79.9. The van der Waals surface area contributed by atoms with E-state index in [2.05, 4.69) is 35.2 Å². The van der Waals surface area contributed by atoms with Crippen molar-refractivity contribution in [2.75, 3.05) is 0 Å². The first-order chi connectivity index (χ1) is 13.3. The van der Waals surface area contributed by atoms with Crippen LogP contribution in [0.3, 0.4) is 0 Å². The fourth-order valence-electron chi connectivity index (χ4n) is 3.86. The minimum atomic E-state index is 1.26. The molecule has 3 heteroatoms. The predicted molar refractivity (Wildman–Crippen MR) is 131 cm³/mol. The van der Waals surface area contributed by atoms with Gasteiger partial charge in [-0.15, -0.1) is 22.7 Å². The van der Waals surface area contributed by atoms with Gasteiger partial charge in [-0.25, -0.2) is 0 Å². The van der Waals surface area contributed by atoms with Gasteiger partial charge in [0.1, 0.15) is 0 Å². The lowest BCUT2D eigenvalue weighted by Gasteiger charge is -2.01. The molecule has 2 aromatic rings. The van der Waals surface area contributed by atoms with E-state index in [1.165, 1.54) is 107 Å². The number of thiophene rings is 2. The van der Waals surface area contributed by atoms with E-state index in [0.29, 0.717) is 0 Å². The Morgan fingerprint density at radius 1 is 0.667 bits per heavy atom. The molecule has 0 aliphatic carbocycles. The molecule has 0 amide bonds. The van der Waals surface area contributed by atoms with Crippen LogP contribution in [0.15, 0.2) is 9.17 Å². The monoisotopic (exact) mass is 470 g/mol. The highest BCUT2D eigenvalue weighted by molar-refractivity contribution is 9.11. The Labute approximate surface area is 184 Å². The van der Waals surface area contributed by atoms with Crippen molar-refractivity contribution in [2.24, 2.45) is 0 Å². The third-order valence-corrected chi connectivity index (χ3v) is 8.88. The van der Waals surface area contributed by atoms with Crippen molar-refractivity contribution in [3.63, 3.8) is 0 Å². The molecule has 0 aromatic carbocycles. The third-order valence-electron chi connectivity index (χ3n) is 5.60. The topological polar surface area (TPSA) is 0 Å². The maximum atomic E-state index is 3.87. The van der Waals surface area contributed by atoms with E-state index >= 15 is 0 Å². The molecule has 0 unspecified atom stereocenters. The molecular weight excluding hydrogens is 432 g/mol. The van der Waals surface area contributed by atoms with Gasteiger partial charge in [-0.05, 0) is 58.1 Å². The predicted octanol–water partition coefficient (Wildman–Crippen LogP) is 10.3. The van der Waals surface area contributed by atoms with Crippen LogP contribution in [0.1, 0.15) is 115 Å². The second-order valence-electron chi connectivity index (χ2n) is 8.02. The number of hydrogen-bond donors (Lipinski definition) is 0. The summed E-state index contributed by atoms with van der Waals surface area (Å²) in [6.45, 7) is 4.59. The third kappa shape index (κ3) is 8.19. The molecule has 0 fully saturated rings. The van der Waals surface area contributed by atoms with Crippen molar-refractivity contribution in [3.8, 4) is 0 Å². The zero-order chi connectivity index (χ0) is 19.3. The van der Waals surface area contributed by atoms with Crippen LogP contribution in [-0.2, 0) is 12.8 Å². The van der Waals surface area contributed by atoms with Gasteiger partial charge in [-0.2, -0.15) is 0 Å². The summed E-state index contributed by atoms with van der Waals surface area (Å²) in [5, 5.41) is 2.44. The molecule has 0 bridgehead atoms. The first-order valence-corrected chi connectivity index (χ1v) is 13.9. The highest BCUT2D eigenvalue weighted by Crippen LogP contribution is 2.42.